The van der Waals surface area contributed by atoms with Gasteiger partial charge in [-0.05, 0) is 62.1 Å². The van der Waals surface area contributed by atoms with E-state index in [2.05, 4.69) is 24.8 Å². The van der Waals surface area contributed by atoms with Gasteiger partial charge in [-0.15, -0.1) is 0 Å². The highest BCUT2D eigenvalue weighted by Gasteiger charge is 2.31. The van der Waals surface area contributed by atoms with E-state index in [9.17, 15) is 26.6 Å². The van der Waals surface area contributed by atoms with E-state index in [1.807, 2.05) is 24.0 Å². The molecule has 0 spiro atoms. The summed E-state index contributed by atoms with van der Waals surface area (Å²) in [4.78, 5) is 33.9. The molecule has 1 amide bonds. The number of hydrogen-bond acceptors (Lipinski definition) is 11. The van der Waals surface area contributed by atoms with Gasteiger partial charge in [0.15, 0.2) is 6.61 Å². The van der Waals surface area contributed by atoms with Crippen LogP contribution < -0.4 is 20.1 Å². The first-order valence-corrected chi connectivity index (χ1v) is 18.3. The number of anilines is 2. The van der Waals surface area contributed by atoms with Crippen molar-refractivity contribution < 1.29 is 40.8 Å². The molecule has 2 N–H and O–H groups in total. The molecule has 2 atom stereocenters. The molecule has 2 unspecified atom stereocenters. The van der Waals surface area contributed by atoms with Gasteiger partial charge < -0.3 is 29.7 Å². The number of ether oxygens (including phenoxy) is 3. The van der Waals surface area contributed by atoms with Gasteiger partial charge in [0, 0.05) is 62.4 Å². The van der Waals surface area contributed by atoms with E-state index in [1.165, 1.54) is 24.4 Å². The van der Waals surface area contributed by atoms with Crippen molar-refractivity contribution in [2.75, 3.05) is 57.1 Å². The van der Waals surface area contributed by atoms with E-state index in [0.717, 1.165) is 40.6 Å². The van der Waals surface area contributed by atoms with Crippen molar-refractivity contribution in [2.24, 2.45) is 4.99 Å². The summed E-state index contributed by atoms with van der Waals surface area (Å²) in [6.45, 7) is 5.42. The lowest BCUT2D eigenvalue weighted by Crippen LogP contribution is -2.51. The van der Waals surface area contributed by atoms with Crippen molar-refractivity contribution in [3.8, 4) is 11.5 Å². The molecule has 2 aromatic carbocycles. The molecule has 4 aromatic rings. The molecule has 2 saturated heterocycles. The number of hydrogen-bond donors (Lipinski definition) is 1. The van der Waals surface area contributed by atoms with Gasteiger partial charge in [-0.1, -0.05) is 6.07 Å². The number of nitrogen functional groups attached to an aromatic ring is 1. The first-order valence-electron chi connectivity index (χ1n) is 16.9. The number of aryl methyl sites for hydroxylation is 1. The minimum Gasteiger partial charge on any atom is -0.496 e. The van der Waals surface area contributed by atoms with E-state index in [-0.39, 0.29) is 23.5 Å². The van der Waals surface area contributed by atoms with Crippen LogP contribution in [0, 0.1) is 19.7 Å². The molecule has 0 bridgehead atoms. The number of benzene rings is 2. The number of alkyl halides is 3. The molecule has 2 aromatic heterocycles. The van der Waals surface area contributed by atoms with Gasteiger partial charge in [-0.2, -0.15) is 18.2 Å². The molecule has 0 saturated carbocycles. The van der Waals surface area contributed by atoms with Crippen LogP contribution in [0.2, 0.25) is 0 Å². The lowest BCUT2D eigenvalue weighted by molar-refractivity contribution is -0.153. The third-order valence-electron chi connectivity index (χ3n) is 9.12. The maximum Gasteiger partial charge on any atom is 0.422 e. The number of nitrogens with zero attached hydrogens (tertiary/aromatic N) is 6. The van der Waals surface area contributed by atoms with Crippen LogP contribution in [0.5, 0.6) is 11.5 Å². The summed E-state index contributed by atoms with van der Waals surface area (Å²) in [5, 5.41) is 1.21. The second-order valence-corrected chi connectivity index (χ2v) is 14.2. The molecule has 3 aliphatic heterocycles. The number of fused-ring (bicyclic) bond motifs is 2. The Balaban J connectivity index is 0.000000182. The van der Waals surface area contributed by atoms with Gasteiger partial charge in [-0.25, -0.2) is 14.4 Å². The largest absolute Gasteiger partial charge is 0.496 e. The molecule has 0 radical (unpaired) electrons. The highest BCUT2D eigenvalue weighted by Crippen LogP contribution is 2.31. The summed E-state index contributed by atoms with van der Waals surface area (Å²) >= 11 is 0. The third-order valence-corrected chi connectivity index (χ3v) is 10.4. The summed E-state index contributed by atoms with van der Waals surface area (Å²) in [6.07, 6.45) is -1.27. The van der Waals surface area contributed by atoms with Crippen molar-refractivity contribution in [2.45, 2.75) is 51.1 Å². The van der Waals surface area contributed by atoms with Crippen LogP contribution in [0.25, 0.3) is 10.9 Å². The number of nitrogens with two attached hydrogens (primary N) is 1. The molecule has 3 aliphatic rings. The molecule has 282 valence electrons. The number of halogens is 4. The summed E-state index contributed by atoms with van der Waals surface area (Å²) in [7, 11) is 0.111. The lowest BCUT2D eigenvalue weighted by atomic mass is 10.1. The van der Waals surface area contributed by atoms with Crippen LogP contribution in [0.4, 0.5) is 35.0 Å². The number of aliphatic imine (C=N–C) groups is 1. The maximum absolute atomic E-state index is 13.2. The van der Waals surface area contributed by atoms with E-state index in [1.54, 1.807) is 20.1 Å². The number of carbonyl (C=O) groups excluding carboxylic acids is 1. The monoisotopic (exact) mass is 757 g/mol. The molecule has 12 nitrogen and oxygen atoms in total. The average Bonchev–Trinajstić information content (AvgIpc) is 3.83. The number of pyridine rings is 1. The van der Waals surface area contributed by atoms with E-state index < -0.39 is 29.4 Å². The van der Waals surface area contributed by atoms with Crippen molar-refractivity contribution in [3.63, 3.8) is 0 Å². The van der Waals surface area contributed by atoms with Crippen molar-refractivity contribution >= 4 is 50.1 Å². The Morgan fingerprint density at radius 2 is 1.85 bits per heavy atom. The van der Waals surface area contributed by atoms with Crippen molar-refractivity contribution in [1.82, 2.24) is 19.9 Å². The van der Waals surface area contributed by atoms with Gasteiger partial charge in [0.2, 0.25) is 5.95 Å². The van der Waals surface area contributed by atoms with Crippen LogP contribution in [0.3, 0.4) is 0 Å². The number of piperazine rings is 1. The number of aromatic nitrogens is 3. The summed E-state index contributed by atoms with van der Waals surface area (Å²) in [5.74, 6) is 1.54. The Morgan fingerprint density at radius 3 is 2.55 bits per heavy atom. The summed E-state index contributed by atoms with van der Waals surface area (Å²) in [5.41, 5.74) is 9.93. The van der Waals surface area contributed by atoms with Gasteiger partial charge in [0.25, 0.3) is 5.91 Å². The highest BCUT2D eigenvalue weighted by atomic mass is 32.2. The lowest BCUT2D eigenvalue weighted by Gasteiger charge is -2.35. The van der Waals surface area contributed by atoms with Crippen LogP contribution in [0.1, 0.15) is 35.2 Å². The number of rotatable bonds is 7. The van der Waals surface area contributed by atoms with E-state index in [4.69, 9.17) is 19.9 Å². The van der Waals surface area contributed by atoms with Gasteiger partial charge in [0.05, 0.1) is 40.6 Å². The number of amides is 1. The van der Waals surface area contributed by atoms with Gasteiger partial charge in [0.1, 0.15) is 34.3 Å². The predicted molar refractivity (Wildman–Crippen MR) is 193 cm³/mol. The number of methoxy groups -OCH3 is 1. The normalized spacial score (nSPS) is 17.6. The Kier molecular flexibility index (Phi) is 11.4. The fraction of sp³-hybridized carbons (Fsp3) is 0.417. The summed E-state index contributed by atoms with van der Waals surface area (Å²) < 4.78 is 78.5. The topological polar surface area (TPSA) is 145 Å². The fourth-order valence-electron chi connectivity index (χ4n) is 6.23. The Labute approximate surface area is 305 Å². The zero-order chi connectivity index (χ0) is 37.9. The van der Waals surface area contributed by atoms with Gasteiger partial charge in [-0.3, -0.25) is 14.0 Å². The molecular weight excluding hydrogens is 718 g/mol. The zero-order valence-corrected chi connectivity index (χ0v) is 30.2. The average molecular weight is 758 g/mol. The molecular formula is C36H39F4N7O5S. The molecule has 17 heteroatoms. The van der Waals surface area contributed by atoms with Crippen LogP contribution in [-0.2, 0) is 32.5 Å². The highest BCUT2D eigenvalue weighted by molar-refractivity contribution is 8.00. The molecule has 5 heterocycles. The van der Waals surface area contributed by atoms with Gasteiger partial charge >= 0.3 is 6.18 Å². The smallest absolute Gasteiger partial charge is 0.422 e. The Bertz CT molecular complexity index is 2050. The first-order chi connectivity index (χ1) is 25.3. The second-order valence-electron chi connectivity index (χ2n) is 12.8. The molecule has 0 aliphatic carbocycles. The minimum atomic E-state index is -4.45. The summed E-state index contributed by atoms with van der Waals surface area (Å²) in [6, 6.07) is 9.35. The van der Waals surface area contributed by atoms with Crippen LogP contribution >= 0.6 is 0 Å². The molecule has 7 rings (SSSR count). The first kappa shape index (κ1) is 37.8. The van der Waals surface area contributed by atoms with Crippen LogP contribution in [0.15, 0.2) is 47.6 Å². The molecule has 53 heavy (non-hydrogen) atoms. The van der Waals surface area contributed by atoms with E-state index in [0.29, 0.717) is 73.0 Å². The molecule has 2 fully saturated rings. The Morgan fingerprint density at radius 1 is 1.08 bits per heavy atom. The van der Waals surface area contributed by atoms with Crippen molar-refractivity contribution in [3.05, 3.63) is 70.8 Å². The zero-order valence-electron chi connectivity index (χ0n) is 29.4. The number of carbonyl (C=O) groups is 1. The quantitative estimate of drug-likeness (QED) is 0.245. The van der Waals surface area contributed by atoms with E-state index >= 15 is 0 Å². The second kappa shape index (κ2) is 16.0. The van der Waals surface area contributed by atoms with Crippen LogP contribution in [-0.4, -0.2) is 93.8 Å². The van der Waals surface area contributed by atoms with Crippen molar-refractivity contribution in [1.29, 1.82) is 0 Å². The maximum atomic E-state index is 13.2. The predicted octanol–water partition coefficient (Wildman–Crippen LogP) is 5.36. The third kappa shape index (κ3) is 9.01. The Hall–Kier alpha value is -4.90. The standard InChI is InChI=1S/C19H25N5O3.C17H14F4N2O2S/c1-12-10-13-14(11-16(12)26-2)21-19(22-17(13)20)24-7-5-23(6-8-24)18(25)15-4-3-9-27-15;1-10-14(22-5-4-15(10)25-9-17(19,20)21)8-26(24)16-6-11-2-3-12(18)7-13(11)23-16/h10-11,15H,3-9H2,1-2H3,(H2,20,21,22);2-5,7H,6,8-9H2,1H3. The minimum absolute atomic E-state index is 0.00957. The fourth-order valence-corrected chi connectivity index (χ4v) is 7.45. The SMILES string of the molecule is COc1cc2nc(N3CCN(C(=O)C4CCCO4)CC3)nc(N)c2cc1C.Cc1c(OCC(F)(F)F)ccnc1CS(=O)C1=Nc2cc(F)ccc2C1.